The Morgan fingerprint density at radius 1 is 1.21 bits per heavy atom. The van der Waals surface area contributed by atoms with Gasteiger partial charge in [0.2, 0.25) is 0 Å². The van der Waals surface area contributed by atoms with Crippen molar-refractivity contribution < 1.29 is 0 Å². The summed E-state index contributed by atoms with van der Waals surface area (Å²) < 4.78 is 1.63. The Kier molecular flexibility index (Phi) is 11.1. The summed E-state index contributed by atoms with van der Waals surface area (Å²) in [6, 6.07) is 10.1. The van der Waals surface area contributed by atoms with E-state index in [2.05, 4.69) is 28.4 Å². The van der Waals surface area contributed by atoms with Crippen LogP contribution in [0.2, 0.25) is 0 Å². The van der Waals surface area contributed by atoms with E-state index >= 15 is 0 Å². The van der Waals surface area contributed by atoms with Crippen molar-refractivity contribution in [3.05, 3.63) is 41.1 Å². The number of nitrogen functional groups attached to an aromatic ring is 1. The number of nitrogens with one attached hydrogen (secondary N) is 1. The van der Waals surface area contributed by atoms with Crippen molar-refractivity contribution in [1.29, 1.82) is 5.26 Å². The molecule has 2 rings (SSSR count). The lowest BCUT2D eigenvalue weighted by molar-refractivity contribution is 0.651. The molecule has 0 aliphatic carbocycles. The van der Waals surface area contributed by atoms with E-state index in [1.54, 1.807) is 4.68 Å². The molecule has 0 aliphatic heterocycles. The smallest absolute Gasteiger partial charge is 0.188 e. The maximum atomic E-state index is 9.47. The topological polar surface area (TPSA) is 118 Å². The summed E-state index contributed by atoms with van der Waals surface area (Å²) in [6.07, 6.45) is 6.15. The van der Waals surface area contributed by atoms with E-state index in [4.69, 9.17) is 11.5 Å². The van der Waals surface area contributed by atoms with Gasteiger partial charge in [0.1, 0.15) is 17.5 Å². The number of benzene rings is 1. The minimum atomic E-state index is 0. The summed E-state index contributed by atoms with van der Waals surface area (Å²) in [7, 11) is 0. The Bertz CT molecular complexity index is 819. The largest absolute Gasteiger partial charge is 0.382 e. The van der Waals surface area contributed by atoms with Crippen LogP contribution in [0.3, 0.4) is 0 Å². The van der Waals surface area contributed by atoms with Crippen LogP contribution in [0.15, 0.2) is 29.3 Å². The van der Waals surface area contributed by atoms with E-state index in [0.29, 0.717) is 36.0 Å². The Morgan fingerprint density at radius 2 is 1.93 bits per heavy atom. The van der Waals surface area contributed by atoms with Crippen molar-refractivity contribution in [2.75, 3.05) is 18.8 Å². The molecule has 5 N–H and O–H groups in total. The third kappa shape index (κ3) is 7.57. The third-order valence-electron chi connectivity index (χ3n) is 4.57. The van der Waals surface area contributed by atoms with Crippen molar-refractivity contribution in [1.82, 2.24) is 15.1 Å². The lowest BCUT2D eigenvalue weighted by Gasteiger charge is -2.05. The molecule has 0 bridgehead atoms. The number of nitrogens with zero attached hydrogens (tertiary/aromatic N) is 4. The van der Waals surface area contributed by atoms with Gasteiger partial charge in [0.25, 0.3) is 0 Å². The van der Waals surface area contributed by atoms with Crippen molar-refractivity contribution in [2.45, 2.75) is 52.4 Å². The van der Waals surface area contributed by atoms with Gasteiger partial charge in [-0.1, -0.05) is 43.9 Å². The number of halogens is 1. The van der Waals surface area contributed by atoms with Gasteiger partial charge in [-0.2, -0.15) is 10.4 Å². The third-order valence-corrected chi connectivity index (χ3v) is 4.57. The highest BCUT2D eigenvalue weighted by Gasteiger charge is 2.16. The highest BCUT2D eigenvalue weighted by molar-refractivity contribution is 14.0. The van der Waals surface area contributed by atoms with Gasteiger partial charge in [0.05, 0.1) is 11.4 Å². The van der Waals surface area contributed by atoms with Gasteiger partial charge in [0, 0.05) is 13.1 Å². The molecule has 158 valence electrons. The molecule has 29 heavy (non-hydrogen) atoms. The number of guanidine groups is 1. The second-order valence-corrected chi connectivity index (χ2v) is 6.92. The predicted molar refractivity (Wildman–Crippen MR) is 130 cm³/mol. The first-order valence-corrected chi connectivity index (χ1v) is 9.95. The molecule has 7 nitrogen and oxygen atoms in total. The van der Waals surface area contributed by atoms with Gasteiger partial charge >= 0.3 is 0 Å². The summed E-state index contributed by atoms with van der Waals surface area (Å²) in [6.45, 7) is 5.65. The number of hydrogen-bond donors (Lipinski definition) is 3. The van der Waals surface area contributed by atoms with Crippen LogP contribution in [0.25, 0.3) is 5.69 Å². The molecule has 0 fully saturated rings. The first kappa shape index (κ1) is 24.8. The molecule has 0 spiro atoms. The van der Waals surface area contributed by atoms with E-state index in [-0.39, 0.29) is 24.0 Å². The van der Waals surface area contributed by atoms with Crippen LogP contribution < -0.4 is 16.8 Å². The molecule has 0 saturated carbocycles. The highest BCUT2D eigenvalue weighted by atomic mass is 127. The maximum absolute atomic E-state index is 9.47. The number of aromatic nitrogens is 2. The molecule has 2 aromatic rings. The first-order valence-electron chi connectivity index (χ1n) is 9.95. The first-order chi connectivity index (χ1) is 13.6. The number of rotatable bonds is 10. The van der Waals surface area contributed by atoms with Crippen LogP contribution >= 0.6 is 24.0 Å². The molecule has 1 aromatic carbocycles. The van der Waals surface area contributed by atoms with Gasteiger partial charge in [0.15, 0.2) is 5.96 Å². The molecular formula is C21H32IN7. The van der Waals surface area contributed by atoms with Gasteiger partial charge in [-0.3, -0.25) is 4.99 Å². The van der Waals surface area contributed by atoms with Crippen molar-refractivity contribution in [3.8, 4) is 11.8 Å². The van der Waals surface area contributed by atoms with E-state index < -0.39 is 0 Å². The summed E-state index contributed by atoms with van der Waals surface area (Å²) in [5, 5.41) is 17.2. The van der Waals surface area contributed by atoms with Crippen LogP contribution in [-0.4, -0.2) is 28.8 Å². The fraction of sp³-hybridized carbons (Fsp3) is 0.476. The zero-order chi connectivity index (χ0) is 20.4. The molecule has 1 aromatic heterocycles. The van der Waals surface area contributed by atoms with Gasteiger partial charge in [-0.25, -0.2) is 4.68 Å². The number of aryl methyl sites for hydroxylation is 2. The normalized spacial score (nSPS) is 11.0. The number of aliphatic imine (C=N–C) groups is 1. The molecule has 0 aliphatic rings. The molecular weight excluding hydrogens is 477 g/mol. The number of nitrogens with two attached hydrogens (primary N) is 2. The summed E-state index contributed by atoms with van der Waals surface area (Å²) in [5.41, 5.74) is 15.2. The van der Waals surface area contributed by atoms with Crippen LogP contribution in [0.5, 0.6) is 0 Å². The number of unbranched alkanes of at least 4 members (excludes halogenated alkanes) is 3. The van der Waals surface area contributed by atoms with E-state index in [1.165, 1.54) is 19.3 Å². The Labute approximate surface area is 190 Å². The van der Waals surface area contributed by atoms with Gasteiger partial charge in [-0.05, 0) is 38.3 Å². The van der Waals surface area contributed by atoms with Crippen LogP contribution in [0.1, 0.15) is 55.8 Å². The second kappa shape index (κ2) is 13.0. The molecule has 0 atom stereocenters. The average Bonchev–Trinajstić information content (AvgIpc) is 3.01. The fourth-order valence-corrected chi connectivity index (χ4v) is 2.93. The van der Waals surface area contributed by atoms with Crippen LogP contribution in [0, 0.1) is 18.3 Å². The number of anilines is 1. The quantitative estimate of drug-likeness (QED) is 0.196. The number of nitriles is 1. The zero-order valence-electron chi connectivity index (χ0n) is 17.3. The standard InChI is InChI=1S/C21H31N7.HI/c1-3-4-5-6-13-25-21(24)26-14-7-8-19-18(15-22)20(23)28(27-19)17-11-9-16(2)10-12-17;/h9-12H,3-8,13-14,23H2,1-2H3,(H3,24,25,26);1H. The Morgan fingerprint density at radius 3 is 2.59 bits per heavy atom. The lowest BCUT2D eigenvalue weighted by Crippen LogP contribution is -2.32. The number of hydrogen-bond acceptors (Lipinski definition) is 4. The van der Waals surface area contributed by atoms with Crippen LogP contribution in [0.4, 0.5) is 5.82 Å². The predicted octanol–water partition coefficient (Wildman–Crippen LogP) is 3.67. The molecule has 0 unspecified atom stereocenters. The van der Waals surface area contributed by atoms with E-state index in [0.717, 1.165) is 30.6 Å². The monoisotopic (exact) mass is 509 g/mol. The van der Waals surface area contributed by atoms with Crippen molar-refractivity contribution in [2.24, 2.45) is 10.7 Å². The fourth-order valence-electron chi connectivity index (χ4n) is 2.93. The van der Waals surface area contributed by atoms with E-state index in [9.17, 15) is 5.26 Å². The molecule has 0 amide bonds. The van der Waals surface area contributed by atoms with Crippen molar-refractivity contribution >= 4 is 35.8 Å². The molecule has 1 heterocycles. The van der Waals surface area contributed by atoms with Crippen molar-refractivity contribution in [3.63, 3.8) is 0 Å². The summed E-state index contributed by atoms with van der Waals surface area (Å²) >= 11 is 0. The second-order valence-electron chi connectivity index (χ2n) is 6.92. The highest BCUT2D eigenvalue weighted by Crippen LogP contribution is 2.21. The average molecular weight is 509 g/mol. The SMILES string of the molecule is CCCCCCNC(N)=NCCCc1nn(-c2ccc(C)cc2)c(N)c1C#N.I. The Hall–Kier alpha value is -2.28. The molecule has 8 heteroatoms. The summed E-state index contributed by atoms with van der Waals surface area (Å²) in [4.78, 5) is 4.34. The van der Waals surface area contributed by atoms with Gasteiger partial charge < -0.3 is 16.8 Å². The maximum Gasteiger partial charge on any atom is 0.188 e. The van der Waals surface area contributed by atoms with Crippen LogP contribution in [-0.2, 0) is 6.42 Å². The zero-order valence-corrected chi connectivity index (χ0v) is 19.6. The minimum Gasteiger partial charge on any atom is -0.382 e. The van der Waals surface area contributed by atoms with Gasteiger partial charge in [-0.15, -0.1) is 24.0 Å². The summed E-state index contributed by atoms with van der Waals surface area (Å²) in [5.74, 6) is 0.847. The molecule has 0 radical (unpaired) electrons. The van der Waals surface area contributed by atoms with E-state index in [1.807, 2.05) is 31.2 Å². The molecule has 0 saturated heterocycles. The Balaban J connectivity index is 0.00000420. The lowest BCUT2D eigenvalue weighted by atomic mass is 10.1. The minimum absolute atomic E-state index is 0.